The molecule has 1 aromatic heterocycles. The molecule has 0 atom stereocenters. The highest BCUT2D eigenvalue weighted by atomic mass is 16.5. The number of aromatic nitrogens is 2. The smallest absolute Gasteiger partial charge is 0.358 e. The van der Waals surface area contributed by atoms with Crippen LogP contribution >= 0.6 is 0 Å². The Morgan fingerprint density at radius 3 is 2.62 bits per heavy atom. The minimum Gasteiger partial charge on any atom is -0.464 e. The van der Waals surface area contributed by atoms with E-state index >= 15 is 0 Å². The zero-order valence-electron chi connectivity index (χ0n) is 9.51. The number of carbonyl (C=O) groups is 1. The first-order valence-electron chi connectivity index (χ1n) is 5.35. The lowest BCUT2D eigenvalue weighted by Crippen LogP contribution is -2.37. The zero-order chi connectivity index (χ0) is 11.5. The van der Waals surface area contributed by atoms with Crippen LogP contribution in [0.25, 0.3) is 0 Å². The Kier molecular flexibility index (Phi) is 3.03. The number of hydrogen-bond donors (Lipinski definition) is 0. The van der Waals surface area contributed by atoms with Gasteiger partial charge in [-0.3, -0.25) is 0 Å². The fraction of sp³-hybridized carbons (Fsp3) is 0.545. The Hall–Kier alpha value is -1.65. The standard InChI is InChI=1S/C11H15N3O2/c1-14(8-4-3-5-8)10-7-12-9(6-13-10)11(15)16-2/h6-8H,3-5H2,1-2H3. The van der Waals surface area contributed by atoms with Crippen molar-refractivity contribution in [2.45, 2.75) is 25.3 Å². The monoisotopic (exact) mass is 221 g/mol. The molecule has 0 unspecified atom stereocenters. The van der Waals surface area contributed by atoms with Crippen LogP contribution in [0.3, 0.4) is 0 Å². The van der Waals surface area contributed by atoms with Gasteiger partial charge in [0.25, 0.3) is 0 Å². The second-order valence-corrected chi connectivity index (χ2v) is 3.95. The first kappa shape index (κ1) is 10.9. The maximum absolute atomic E-state index is 11.2. The van der Waals surface area contributed by atoms with E-state index in [0.717, 1.165) is 5.82 Å². The van der Waals surface area contributed by atoms with E-state index in [1.54, 1.807) is 6.20 Å². The summed E-state index contributed by atoms with van der Waals surface area (Å²) in [6, 6.07) is 0.568. The van der Waals surface area contributed by atoms with Gasteiger partial charge in [-0.25, -0.2) is 14.8 Å². The predicted octanol–water partition coefficient (Wildman–Crippen LogP) is 1.25. The third-order valence-corrected chi connectivity index (χ3v) is 3.02. The first-order valence-corrected chi connectivity index (χ1v) is 5.35. The average molecular weight is 221 g/mol. The highest BCUT2D eigenvalue weighted by molar-refractivity contribution is 5.86. The molecule has 5 nitrogen and oxygen atoms in total. The van der Waals surface area contributed by atoms with Crippen LogP contribution in [-0.4, -0.2) is 36.1 Å². The van der Waals surface area contributed by atoms with Crippen molar-refractivity contribution in [2.24, 2.45) is 0 Å². The number of carbonyl (C=O) groups excluding carboxylic acids is 1. The van der Waals surface area contributed by atoms with Crippen molar-refractivity contribution in [3.05, 3.63) is 18.1 Å². The molecule has 2 rings (SSSR count). The third kappa shape index (κ3) is 1.98. The van der Waals surface area contributed by atoms with Crippen LogP contribution in [-0.2, 0) is 4.74 Å². The quantitative estimate of drug-likeness (QED) is 0.719. The van der Waals surface area contributed by atoms with E-state index in [9.17, 15) is 4.79 Å². The molecular weight excluding hydrogens is 206 g/mol. The maximum Gasteiger partial charge on any atom is 0.358 e. The molecule has 1 fully saturated rings. The Morgan fingerprint density at radius 2 is 2.19 bits per heavy atom. The van der Waals surface area contributed by atoms with Crippen molar-refractivity contribution in [1.82, 2.24) is 9.97 Å². The van der Waals surface area contributed by atoms with Gasteiger partial charge in [-0.05, 0) is 19.3 Å². The predicted molar refractivity (Wildman–Crippen MR) is 59.4 cm³/mol. The third-order valence-electron chi connectivity index (χ3n) is 3.02. The SMILES string of the molecule is COC(=O)c1cnc(N(C)C2CCC2)cn1. The van der Waals surface area contributed by atoms with Gasteiger partial charge in [-0.2, -0.15) is 0 Å². The van der Waals surface area contributed by atoms with E-state index in [2.05, 4.69) is 19.6 Å². The van der Waals surface area contributed by atoms with Crippen molar-refractivity contribution in [1.29, 1.82) is 0 Å². The van der Waals surface area contributed by atoms with Crippen molar-refractivity contribution < 1.29 is 9.53 Å². The lowest BCUT2D eigenvalue weighted by molar-refractivity contribution is 0.0593. The average Bonchev–Trinajstić information content (AvgIpc) is 2.26. The van der Waals surface area contributed by atoms with E-state index in [1.807, 2.05) is 7.05 Å². The van der Waals surface area contributed by atoms with Crippen LogP contribution in [0.4, 0.5) is 5.82 Å². The zero-order valence-corrected chi connectivity index (χ0v) is 9.51. The molecule has 1 aliphatic carbocycles. The summed E-state index contributed by atoms with van der Waals surface area (Å²) in [5, 5.41) is 0. The number of esters is 1. The molecule has 1 heterocycles. The second kappa shape index (κ2) is 4.47. The van der Waals surface area contributed by atoms with Crippen LogP contribution in [0.1, 0.15) is 29.8 Å². The van der Waals surface area contributed by atoms with Gasteiger partial charge in [0, 0.05) is 13.1 Å². The molecule has 0 saturated heterocycles. The normalized spacial score (nSPS) is 15.4. The summed E-state index contributed by atoms with van der Waals surface area (Å²) in [7, 11) is 3.34. The highest BCUT2D eigenvalue weighted by Crippen LogP contribution is 2.26. The summed E-state index contributed by atoms with van der Waals surface area (Å²) in [4.78, 5) is 21.5. The summed E-state index contributed by atoms with van der Waals surface area (Å²) < 4.78 is 4.56. The summed E-state index contributed by atoms with van der Waals surface area (Å²) in [6.07, 6.45) is 6.76. The van der Waals surface area contributed by atoms with Crippen molar-refractivity contribution >= 4 is 11.8 Å². The minimum atomic E-state index is -0.453. The van der Waals surface area contributed by atoms with E-state index in [4.69, 9.17) is 0 Å². The largest absolute Gasteiger partial charge is 0.464 e. The molecule has 0 aromatic carbocycles. The molecular formula is C11H15N3O2. The molecule has 0 amide bonds. The fourth-order valence-electron chi connectivity index (χ4n) is 1.67. The van der Waals surface area contributed by atoms with Gasteiger partial charge in [-0.15, -0.1) is 0 Å². The van der Waals surface area contributed by atoms with Gasteiger partial charge < -0.3 is 9.64 Å². The molecule has 1 saturated carbocycles. The van der Waals surface area contributed by atoms with E-state index in [-0.39, 0.29) is 5.69 Å². The Bertz CT molecular complexity index is 373. The number of ether oxygens (including phenoxy) is 1. The van der Waals surface area contributed by atoms with Crippen LogP contribution < -0.4 is 4.90 Å². The summed E-state index contributed by atoms with van der Waals surface area (Å²) in [5.41, 5.74) is 0.244. The Balaban J connectivity index is 2.09. The number of hydrogen-bond acceptors (Lipinski definition) is 5. The number of rotatable bonds is 3. The minimum absolute atomic E-state index is 0.244. The first-order chi connectivity index (χ1) is 7.72. The molecule has 0 bridgehead atoms. The van der Waals surface area contributed by atoms with E-state index < -0.39 is 5.97 Å². The molecule has 1 aliphatic rings. The summed E-state index contributed by atoms with van der Waals surface area (Å²) in [6.45, 7) is 0. The van der Waals surface area contributed by atoms with Crippen molar-refractivity contribution in [2.75, 3.05) is 19.1 Å². The Morgan fingerprint density at radius 1 is 1.44 bits per heavy atom. The van der Waals surface area contributed by atoms with Crippen LogP contribution in [0.5, 0.6) is 0 Å². The number of anilines is 1. The van der Waals surface area contributed by atoms with Crippen LogP contribution in [0.2, 0.25) is 0 Å². The number of methoxy groups -OCH3 is 1. The van der Waals surface area contributed by atoms with Gasteiger partial charge in [0.1, 0.15) is 5.82 Å². The second-order valence-electron chi connectivity index (χ2n) is 3.95. The molecule has 0 N–H and O–H groups in total. The number of nitrogens with zero attached hydrogens (tertiary/aromatic N) is 3. The van der Waals surface area contributed by atoms with E-state index in [0.29, 0.717) is 6.04 Å². The van der Waals surface area contributed by atoms with Crippen molar-refractivity contribution in [3.8, 4) is 0 Å². The molecule has 0 radical (unpaired) electrons. The maximum atomic E-state index is 11.2. The van der Waals surface area contributed by atoms with Crippen molar-refractivity contribution in [3.63, 3.8) is 0 Å². The lowest BCUT2D eigenvalue weighted by atomic mass is 9.92. The van der Waals surface area contributed by atoms with Crippen LogP contribution in [0, 0.1) is 0 Å². The van der Waals surface area contributed by atoms with E-state index in [1.165, 1.54) is 32.6 Å². The summed E-state index contributed by atoms with van der Waals surface area (Å²) >= 11 is 0. The van der Waals surface area contributed by atoms with Crippen LogP contribution in [0.15, 0.2) is 12.4 Å². The fourth-order valence-corrected chi connectivity index (χ4v) is 1.67. The molecule has 16 heavy (non-hydrogen) atoms. The molecule has 5 heteroatoms. The lowest BCUT2D eigenvalue weighted by Gasteiger charge is -2.35. The highest BCUT2D eigenvalue weighted by Gasteiger charge is 2.23. The molecule has 1 aromatic rings. The van der Waals surface area contributed by atoms with Gasteiger partial charge in [0.2, 0.25) is 0 Å². The summed E-state index contributed by atoms with van der Waals surface area (Å²) in [5.74, 6) is 0.350. The topological polar surface area (TPSA) is 55.3 Å². The van der Waals surface area contributed by atoms with Gasteiger partial charge >= 0.3 is 5.97 Å². The molecule has 86 valence electrons. The van der Waals surface area contributed by atoms with Gasteiger partial charge in [0.15, 0.2) is 5.69 Å². The molecule has 0 aliphatic heterocycles. The Labute approximate surface area is 94.5 Å². The van der Waals surface area contributed by atoms with Gasteiger partial charge in [-0.1, -0.05) is 0 Å². The van der Waals surface area contributed by atoms with Gasteiger partial charge in [0.05, 0.1) is 19.5 Å². The molecule has 0 spiro atoms.